The number of nitrogens with one attached hydrogen (secondary N) is 2. The standard InChI is InChI=1S/C21H17N3O3/c1-2-27-21(26)18-17(14-9-5-3-6-10-14)16(13-22)19(24-20(18)25)23-15-11-7-4-8-12-15/h3-12H,2H2,1H3,(H2,23,24,25). The summed E-state index contributed by atoms with van der Waals surface area (Å²) in [6.45, 7) is 1.78. The van der Waals surface area contributed by atoms with Crippen molar-refractivity contribution >= 4 is 17.5 Å². The molecule has 0 atom stereocenters. The second-order valence-corrected chi connectivity index (χ2v) is 5.64. The van der Waals surface area contributed by atoms with E-state index in [0.717, 1.165) is 0 Å². The van der Waals surface area contributed by atoms with Gasteiger partial charge in [-0.3, -0.25) is 4.79 Å². The summed E-state index contributed by atoms with van der Waals surface area (Å²) in [5.74, 6) is -0.541. The number of hydrogen-bond acceptors (Lipinski definition) is 5. The molecule has 0 spiro atoms. The van der Waals surface area contributed by atoms with Crippen molar-refractivity contribution in [2.24, 2.45) is 0 Å². The third-order valence-corrected chi connectivity index (χ3v) is 3.91. The Morgan fingerprint density at radius 3 is 2.33 bits per heavy atom. The summed E-state index contributed by atoms with van der Waals surface area (Å²) >= 11 is 0. The Balaban J connectivity index is 2.27. The Morgan fingerprint density at radius 2 is 1.74 bits per heavy atom. The summed E-state index contributed by atoms with van der Waals surface area (Å²) in [6.07, 6.45) is 0. The van der Waals surface area contributed by atoms with Crippen molar-refractivity contribution in [3.63, 3.8) is 0 Å². The topological polar surface area (TPSA) is 95.0 Å². The molecule has 3 aromatic rings. The van der Waals surface area contributed by atoms with Gasteiger partial charge in [0.05, 0.1) is 6.61 Å². The van der Waals surface area contributed by atoms with Crippen LogP contribution in [0, 0.1) is 11.3 Å². The lowest BCUT2D eigenvalue weighted by atomic mass is 9.96. The first-order valence-corrected chi connectivity index (χ1v) is 8.40. The highest BCUT2D eigenvalue weighted by atomic mass is 16.5. The Morgan fingerprint density at radius 1 is 1.11 bits per heavy atom. The van der Waals surface area contributed by atoms with Gasteiger partial charge in [0.15, 0.2) is 0 Å². The second kappa shape index (κ2) is 8.02. The van der Waals surface area contributed by atoms with Crippen LogP contribution in [0.15, 0.2) is 65.5 Å². The number of benzene rings is 2. The number of nitrogens with zero attached hydrogens (tertiary/aromatic N) is 1. The molecule has 2 aromatic carbocycles. The predicted octanol–water partition coefficient (Wildman–Crippen LogP) is 3.83. The normalized spacial score (nSPS) is 10.1. The number of esters is 1. The van der Waals surface area contributed by atoms with Crippen molar-refractivity contribution in [2.75, 3.05) is 11.9 Å². The third kappa shape index (κ3) is 3.72. The molecule has 0 saturated heterocycles. The SMILES string of the molecule is CCOC(=O)c1c(-c2ccccc2)c(C#N)c(Nc2ccccc2)[nH]c1=O. The van der Waals surface area contributed by atoms with Crippen molar-refractivity contribution in [1.29, 1.82) is 5.26 Å². The number of carbonyl (C=O) groups is 1. The van der Waals surface area contributed by atoms with Gasteiger partial charge >= 0.3 is 5.97 Å². The van der Waals surface area contributed by atoms with Gasteiger partial charge in [-0.2, -0.15) is 5.26 Å². The Labute approximate surface area is 156 Å². The molecule has 1 heterocycles. The Kier molecular flexibility index (Phi) is 5.33. The maximum absolute atomic E-state index is 12.7. The molecule has 0 radical (unpaired) electrons. The van der Waals surface area contributed by atoms with E-state index in [-0.39, 0.29) is 29.1 Å². The van der Waals surface area contributed by atoms with Crippen LogP contribution in [-0.2, 0) is 4.74 Å². The van der Waals surface area contributed by atoms with Crippen LogP contribution < -0.4 is 10.9 Å². The van der Waals surface area contributed by atoms with E-state index in [1.165, 1.54) is 0 Å². The predicted molar refractivity (Wildman–Crippen MR) is 103 cm³/mol. The van der Waals surface area contributed by atoms with Crippen LogP contribution in [0.4, 0.5) is 11.5 Å². The fourth-order valence-electron chi connectivity index (χ4n) is 2.76. The molecule has 6 heteroatoms. The molecule has 1 aromatic heterocycles. The molecular formula is C21H17N3O3. The average Bonchev–Trinajstić information content (AvgIpc) is 2.69. The number of H-pyrrole nitrogens is 1. The van der Waals surface area contributed by atoms with Gasteiger partial charge in [0.2, 0.25) is 0 Å². The van der Waals surface area contributed by atoms with Gasteiger partial charge in [-0.1, -0.05) is 48.5 Å². The van der Waals surface area contributed by atoms with Crippen molar-refractivity contribution in [3.05, 3.63) is 82.1 Å². The number of hydrogen-bond donors (Lipinski definition) is 2. The molecule has 0 amide bonds. The first kappa shape index (κ1) is 18.0. The smallest absolute Gasteiger partial charge is 0.344 e. The molecule has 0 saturated carbocycles. The van der Waals surface area contributed by atoms with E-state index in [0.29, 0.717) is 11.3 Å². The molecule has 0 unspecified atom stereocenters. The molecule has 2 N–H and O–H groups in total. The van der Waals surface area contributed by atoms with Crippen LogP contribution in [0.5, 0.6) is 0 Å². The molecule has 0 aliphatic rings. The monoisotopic (exact) mass is 359 g/mol. The minimum atomic E-state index is -0.764. The van der Waals surface area contributed by atoms with E-state index in [4.69, 9.17) is 4.74 Å². The van der Waals surface area contributed by atoms with E-state index in [1.54, 1.807) is 43.3 Å². The lowest BCUT2D eigenvalue weighted by Gasteiger charge is -2.15. The molecule has 6 nitrogen and oxygen atoms in total. The van der Waals surface area contributed by atoms with Gasteiger partial charge in [-0.05, 0) is 24.6 Å². The number of anilines is 2. The van der Waals surface area contributed by atoms with Crippen LogP contribution in [0.25, 0.3) is 11.1 Å². The Hall–Kier alpha value is -3.85. The molecular weight excluding hydrogens is 342 g/mol. The number of aromatic nitrogens is 1. The van der Waals surface area contributed by atoms with E-state index >= 15 is 0 Å². The minimum absolute atomic E-state index is 0.123. The van der Waals surface area contributed by atoms with E-state index < -0.39 is 11.5 Å². The zero-order valence-corrected chi connectivity index (χ0v) is 14.7. The van der Waals surface area contributed by atoms with Crippen LogP contribution in [-0.4, -0.2) is 17.6 Å². The number of ether oxygens (including phenoxy) is 1. The molecule has 134 valence electrons. The zero-order valence-electron chi connectivity index (χ0n) is 14.7. The highest BCUT2D eigenvalue weighted by Gasteiger charge is 2.25. The lowest BCUT2D eigenvalue weighted by molar-refractivity contribution is 0.0525. The van der Waals surface area contributed by atoms with E-state index in [2.05, 4.69) is 16.4 Å². The summed E-state index contributed by atoms with van der Waals surface area (Å²) in [6, 6.07) is 20.1. The van der Waals surface area contributed by atoms with Gasteiger partial charge in [-0.25, -0.2) is 4.79 Å². The summed E-state index contributed by atoms with van der Waals surface area (Å²) in [7, 11) is 0. The van der Waals surface area contributed by atoms with Gasteiger partial charge in [0.1, 0.15) is 23.0 Å². The highest BCUT2D eigenvalue weighted by Crippen LogP contribution is 2.31. The first-order valence-electron chi connectivity index (χ1n) is 8.40. The fourth-order valence-corrected chi connectivity index (χ4v) is 2.76. The minimum Gasteiger partial charge on any atom is -0.462 e. The number of aromatic amines is 1. The van der Waals surface area contributed by atoms with Crippen LogP contribution in [0.1, 0.15) is 22.8 Å². The quantitative estimate of drug-likeness (QED) is 0.675. The number of para-hydroxylation sites is 1. The van der Waals surface area contributed by atoms with Crippen LogP contribution in [0.2, 0.25) is 0 Å². The lowest BCUT2D eigenvalue weighted by Crippen LogP contribution is -2.23. The van der Waals surface area contributed by atoms with Crippen molar-refractivity contribution < 1.29 is 9.53 Å². The molecule has 0 aliphatic heterocycles. The van der Waals surface area contributed by atoms with Gasteiger partial charge in [0, 0.05) is 11.3 Å². The number of nitriles is 1. The molecule has 3 rings (SSSR count). The summed E-state index contributed by atoms with van der Waals surface area (Å²) in [5.41, 5.74) is 0.890. The second-order valence-electron chi connectivity index (χ2n) is 5.64. The maximum atomic E-state index is 12.7. The summed E-state index contributed by atoms with van der Waals surface area (Å²) in [4.78, 5) is 27.7. The summed E-state index contributed by atoms with van der Waals surface area (Å²) < 4.78 is 5.04. The van der Waals surface area contributed by atoms with Crippen molar-refractivity contribution in [3.8, 4) is 17.2 Å². The van der Waals surface area contributed by atoms with Gasteiger partial charge < -0.3 is 15.0 Å². The fraction of sp³-hybridized carbons (Fsp3) is 0.0952. The van der Waals surface area contributed by atoms with E-state index in [1.807, 2.05) is 24.3 Å². The largest absolute Gasteiger partial charge is 0.462 e. The van der Waals surface area contributed by atoms with Gasteiger partial charge in [-0.15, -0.1) is 0 Å². The van der Waals surface area contributed by atoms with Gasteiger partial charge in [0.25, 0.3) is 5.56 Å². The molecule has 0 fully saturated rings. The molecule has 0 aliphatic carbocycles. The summed E-state index contributed by atoms with van der Waals surface area (Å²) in [5, 5.41) is 12.8. The van der Waals surface area contributed by atoms with E-state index in [9.17, 15) is 14.9 Å². The maximum Gasteiger partial charge on any atom is 0.344 e. The zero-order chi connectivity index (χ0) is 19.2. The third-order valence-electron chi connectivity index (χ3n) is 3.91. The molecule has 0 bridgehead atoms. The number of rotatable bonds is 5. The van der Waals surface area contributed by atoms with Crippen LogP contribution >= 0.6 is 0 Å². The Bertz CT molecular complexity index is 1050. The van der Waals surface area contributed by atoms with Crippen molar-refractivity contribution in [1.82, 2.24) is 4.98 Å². The van der Waals surface area contributed by atoms with Crippen molar-refractivity contribution in [2.45, 2.75) is 6.92 Å². The average molecular weight is 359 g/mol. The first-order chi connectivity index (χ1) is 13.2. The number of pyridine rings is 1. The molecule has 27 heavy (non-hydrogen) atoms. The van der Waals surface area contributed by atoms with Crippen LogP contribution in [0.3, 0.4) is 0 Å². The number of carbonyl (C=O) groups excluding carboxylic acids is 1. The highest BCUT2D eigenvalue weighted by molar-refractivity contribution is 5.99.